The Labute approximate surface area is 139 Å². The smallest absolute Gasteiger partial charge is 0.236 e. The van der Waals surface area contributed by atoms with Gasteiger partial charge in [0, 0.05) is 32.7 Å². The largest absolute Gasteiger partial charge is 0.444 e. The van der Waals surface area contributed by atoms with Gasteiger partial charge in [-0.25, -0.2) is 4.98 Å². The molecule has 1 amide bonds. The van der Waals surface area contributed by atoms with Crippen LogP contribution in [-0.4, -0.2) is 64.6 Å². The van der Waals surface area contributed by atoms with Gasteiger partial charge in [-0.1, -0.05) is 6.07 Å². The number of nitrogens with zero attached hydrogens (tertiary/aromatic N) is 3. The summed E-state index contributed by atoms with van der Waals surface area (Å²) in [6.07, 6.45) is 1.50. The van der Waals surface area contributed by atoms with Crippen LogP contribution < -0.4 is 0 Å². The number of oxazole rings is 1. The molecule has 2 aromatic heterocycles. The lowest BCUT2D eigenvalue weighted by atomic mass is 10.2. The number of aromatic nitrogens is 1. The molecule has 0 aromatic carbocycles. The summed E-state index contributed by atoms with van der Waals surface area (Å²) in [5, 5.41) is 11.4. The monoisotopic (exact) mass is 335 g/mol. The highest BCUT2D eigenvalue weighted by molar-refractivity contribution is 7.13. The highest BCUT2D eigenvalue weighted by atomic mass is 32.1. The SMILES string of the molecule is C[C@H](O)CN1CCN(C(=O)Cc2coc(-c3cccs3)n2)CC1. The molecule has 0 aliphatic carbocycles. The molecule has 23 heavy (non-hydrogen) atoms. The van der Waals surface area contributed by atoms with E-state index in [1.807, 2.05) is 22.4 Å². The number of piperazine rings is 1. The summed E-state index contributed by atoms with van der Waals surface area (Å²) in [5.74, 6) is 0.650. The van der Waals surface area contributed by atoms with Gasteiger partial charge in [-0.2, -0.15) is 0 Å². The quantitative estimate of drug-likeness (QED) is 0.896. The Hall–Kier alpha value is -1.70. The fraction of sp³-hybridized carbons (Fsp3) is 0.500. The third-order valence-electron chi connectivity index (χ3n) is 3.86. The van der Waals surface area contributed by atoms with E-state index in [1.165, 1.54) is 0 Å². The van der Waals surface area contributed by atoms with Crippen molar-refractivity contribution in [1.29, 1.82) is 0 Å². The van der Waals surface area contributed by atoms with Crippen LogP contribution in [0.1, 0.15) is 12.6 Å². The lowest BCUT2D eigenvalue weighted by Gasteiger charge is -2.35. The number of amides is 1. The van der Waals surface area contributed by atoms with Gasteiger partial charge in [0.1, 0.15) is 6.26 Å². The number of β-amino-alcohol motifs (C(OH)–C–C–N with tert-alkyl or cyclic N) is 1. The fourth-order valence-electron chi connectivity index (χ4n) is 2.72. The molecule has 1 atom stereocenters. The van der Waals surface area contributed by atoms with Crippen molar-refractivity contribution in [3.8, 4) is 10.8 Å². The minimum Gasteiger partial charge on any atom is -0.444 e. The molecule has 0 bridgehead atoms. The number of carbonyl (C=O) groups is 1. The molecule has 1 N–H and O–H groups in total. The minimum absolute atomic E-state index is 0.0766. The van der Waals surface area contributed by atoms with Gasteiger partial charge < -0.3 is 14.4 Å². The van der Waals surface area contributed by atoms with E-state index in [0.717, 1.165) is 18.0 Å². The molecule has 2 aromatic rings. The van der Waals surface area contributed by atoms with Crippen molar-refractivity contribution in [1.82, 2.24) is 14.8 Å². The van der Waals surface area contributed by atoms with Crippen molar-refractivity contribution in [3.63, 3.8) is 0 Å². The van der Waals surface area contributed by atoms with Crippen LogP contribution in [0.4, 0.5) is 0 Å². The van der Waals surface area contributed by atoms with Crippen LogP contribution in [0, 0.1) is 0 Å². The summed E-state index contributed by atoms with van der Waals surface area (Å²) < 4.78 is 5.45. The minimum atomic E-state index is -0.331. The highest BCUT2D eigenvalue weighted by Crippen LogP contribution is 2.23. The third kappa shape index (κ3) is 4.19. The van der Waals surface area contributed by atoms with Crippen LogP contribution in [0.2, 0.25) is 0 Å². The fourth-order valence-corrected chi connectivity index (χ4v) is 3.38. The van der Waals surface area contributed by atoms with E-state index in [0.29, 0.717) is 31.2 Å². The Morgan fingerprint density at radius 1 is 1.43 bits per heavy atom. The number of rotatable bonds is 5. The van der Waals surface area contributed by atoms with E-state index < -0.39 is 0 Å². The first kappa shape index (κ1) is 16.2. The normalized spacial score (nSPS) is 17.4. The zero-order valence-corrected chi connectivity index (χ0v) is 14.0. The average molecular weight is 335 g/mol. The zero-order valence-electron chi connectivity index (χ0n) is 13.1. The van der Waals surface area contributed by atoms with Crippen molar-refractivity contribution in [2.45, 2.75) is 19.4 Å². The van der Waals surface area contributed by atoms with Crippen LogP contribution in [0.3, 0.4) is 0 Å². The molecule has 7 heteroatoms. The molecule has 1 aliphatic heterocycles. The van der Waals surface area contributed by atoms with Crippen molar-refractivity contribution in [3.05, 3.63) is 29.5 Å². The van der Waals surface area contributed by atoms with E-state index in [1.54, 1.807) is 24.5 Å². The van der Waals surface area contributed by atoms with Crippen LogP contribution in [0.5, 0.6) is 0 Å². The van der Waals surface area contributed by atoms with E-state index in [4.69, 9.17) is 4.42 Å². The van der Waals surface area contributed by atoms with Gasteiger partial charge in [0.15, 0.2) is 0 Å². The first-order valence-corrected chi connectivity index (χ1v) is 8.66. The lowest BCUT2D eigenvalue weighted by Crippen LogP contribution is -2.50. The maximum absolute atomic E-state index is 12.4. The van der Waals surface area contributed by atoms with Gasteiger partial charge in [0.2, 0.25) is 11.8 Å². The summed E-state index contributed by atoms with van der Waals surface area (Å²) in [7, 11) is 0. The number of carbonyl (C=O) groups excluding carboxylic acids is 1. The summed E-state index contributed by atoms with van der Waals surface area (Å²) in [5.41, 5.74) is 0.671. The Morgan fingerprint density at radius 2 is 2.22 bits per heavy atom. The summed E-state index contributed by atoms with van der Waals surface area (Å²) in [6, 6.07) is 3.89. The van der Waals surface area contributed by atoms with Crippen LogP contribution in [-0.2, 0) is 11.2 Å². The first-order valence-electron chi connectivity index (χ1n) is 7.78. The van der Waals surface area contributed by atoms with Crippen LogP contribution >= 0.6 is 11.3 Å². The van der Waals surface area contributed by atoms with Gasteiger partial charge in [0.25, 0.3) is 0 Å². The number of aliphatic hydroxyl groups excluding tert-OH is 1. The second kappa shape index (κ2) is 7.25. The predicted molar refractivity (Wildman–Crippen MR) is 88.2 cm³/mol. The third-order valence-corrected chi connectivity index (χ3v) is 4.72. The van der Waals surface area contributed by atoms with E-state index >= 15 is 0 Å². The molecule has 0 spiro atoms. The summed E-state index contributed by atoms with van der Waals surface area (Å²) in [4.78, 5) is 21.8. The van der Waals surface area contributed by atoms with Gasteiger partial charge in [0.05, 0.1) is 23.1 Å². The summed E-state index contributed by atoms with van der Waals surface area (Å²) in [6.45, 7) is 5.44. The molecule has 3 rings (SSSR count). The van der Waals surface area contributed by atoms with E-state index in [2.05, 4.69) is 9.88 Å². The molecular weight excluding hydrogens is 314 g/mol. The molecule has 1 fully saturated rings. The van der Waals surface area contributed by atoms with Gasteiger partial charge in [-0.3, -0.25) is 9.69 Å². The molecule has 6 nitrogen and oxygen atoms in total. The molecule has 0 saturated carbocycles. The molecular formula is C16H21N3O3S. The maximum atomic E-state index is 12.4. The van der Waals surface area contributed by atoms with Gasteiger partial charge in [-0.15, -0.1) is 11.3 Å². The molecule has 1 saturated heterocycles. The second-order valence-corrected chi connectivity index (χ2v) is 6.78. The Kier molecular flexibility index (Phi) is 5.09. The number of hydrogen-bond donors (Lipinski definition) is 1. The maximum Gasteiger partial charge on any atom is 0.236 e. The van der Waals surface area contributed by atoms with E-state index in [-0.39, 0.29) is 18.4 Å². The first-order chi connectivity index (χ1) is 11.1. The second-order valence-electron chi connectivity index (χ2n) is 5.83. The number of hydrogen-bond acceptors (Lipinski definition) is 6. The van der Waals surface area contributed by atoms with Crippen molar-refractivity contribution in [2.75, 3.05) is 32.7 Å². The standard InChI is InChI=1S/C16H21N3O3S/c1-12(20)10-18-4-6-19(7-5-18)15(21)9-13-11-22-16(17-13)14-3-2-8-23-14/h2-3,8,11-12,20H,4-7,9-10H2,1H3/t12-/m0/s1. The topological polar surface area (TPSA) is 69.8 Å². The molecule has 1 aliphatic rings. The number of aliphatic hydroxyl groups is 1. The molecule has 0 unspecified atom stereocenters. The Bertz CT molecular complexity index is 631. The van der Waals surface area contributed by atoms with E-state index in [9.17, 15) is 9.90 Å². The lowest BCUT2D eigenvalue weighted by molar-refractivity contribution is -0.132. The average Bonchev–Trinajstić information content (AvgIpc) is 3.18. The molecule has 3 heterocycles. The van der Waals surface area contributed by atoms with Crippen molar-refractivity contribution >= 4 is 17.2 Å². The molecule has 124 valence electrons. The van der Waals surface area contributed by atoms with Gasteiger partial charge >= 0.3 is 0 Å². The Morgan fingerprint density at radius 3 is 2.87 bits per heavy atom. The molecule has 0 radical (unpaired) electrons. The van der Waals surface area contributed by atoms with Crippen molar-refractivity contribution in [2.24, 2.45) is 0 Å². The number of thiophene rings is 1. The van der Waals surface area contributed by atoms with Crippen LogP contribution in [0.15, 0.2) is 28.2 Å². The predicted octanol–water partition coefficient (Wildman–Crippen LogP) is 1.47. The van der Waals surface area contributed by atoms with Gasteiger partial charge in [-0.05, 0) is 18.4 Å². The zero-order chi connectivity index (χ0) is 16.2. The Balaban J connectivity index is 1.52. The highest BCUT2D eigenvalue weighted by Gasteiger charge is 2.22. The van der Waals surface area contributed by atoms with Crippen LogP contribution in [0.25, 0.3) is 10.8 Å². The van der Waals surface area contributed by atoms with Crippen molar-refractivity contribution < 1.29 is 14.3 Å². The summed E-state index contributed by atoms with van der Waals surface area (Å²) >= 11 is 1.56.